The van der Waals surface area contributed by atoms with Gasteiger partial charge in [0.05, 0.1) is 23.2 Å². The molecule has 4 nitrogen and oxygen atoms in total. The molecule has 2 atom stereocenters. The quantitative estimate of drug-likeness (QED) is 0.766. The lowest BCUT2D eigenvalue weighted by Gasteiger charge is -2.07. The molecule has 1 N–H and O–H groups in total. The van der Waals surface area contributed by atoms with Crippen molar-refractivity contribution in [2.45, 2.75) is 24.0 Å². The van der Waals surface area contributed by atoms with E-state index in [4.69, 9.17) is 0 Å². The number of aromatic nitrogens is 2. The van der Waals surface area contributed by atoms with Gasteiger partial charge < -0.3 is 5.32 Å². The molecule has 2 rings (SSSR count). The Kier molecular flexibility index (Phi) is 3.37. The van der Waals surface area contributed by atoms with E-state index in [2.05, 4.69) is 15.3 Å². The van der Waals surface area contributed by atoms with E-state index in [9.17, 15) is 8.60 Å². The third-order valence-electron chi connectivity index (χ3n) is 2.32. The fourth-order valence-electron chi connectivity index (χ4n) is 1.57. The van der Waals surface area contributed by atoms with E-state index in [1.807, 2.05) is 0 Å². The van der Waals surface area contributed by atoms with Crippen LogP contribution in [-0.2, 0) is 10.8 Å². The van der Waals surface area contributed by atoms with Gasteiger partial charge in [-0.3, -0.25) is 4.21 Å². The van der Waals surface area contributed by atoms with Gasteiger partial charge in [0.2, 0.25) is 5.16 Å². The first-order chi connectivity index (χ1) is 7.25. The molecule has 1 aromatic rings. The Labute approximate surface area is 89.8 Å². The highest BCUT2D eigenvalue weighted by molar-refractivity contribution is 7.84. The van der Waals surface area contributed by atoms with Crippen LogP contribution in [0, 0.1) is 5.82 Å². The summed E-state index contributed by atoms with van der Waals surface area (Å²) in [6.45, 7) is 0.978. The monoisotopic (exact) mass is 229 g/mol. The minimum absolute atomic E-state index is 0.213. The lowest BCUT2D eigenvalue weighted by atomic mass is 10.3. The smallest absolute Gasteiger partial charge is 0.218 e. The van der Waals surface area contributed by atoms with Crippen LogP contribution in [0.5, 0.6) is 0 Å². The fourth-order valence-corrected chi connectivity index (χ4v) is 2.71. The molecule has 0 aromatic carbocycles. The average Bonchev–Trinajstić information content (AvgIpc) is 2.71. The van der Waals surface area contributed by atoms with Gasteiger partial charge in [0.1, 0.15) is 0 Å². The van der Waals surface area contributed by atoms with Gasteiger partial charge in [-0.05, 0) is 19.4 Å². The Bertz CT molecular complexity index is 351. The van der Waals surface area contributed by atoms with E-state index in [-0.39, 0.29) is 11.2 Å². The molecule has 1 aromatic heterocycles. The molecule has 1 aliphatic heterocycles. The Balaban J connectivity index is 1.98. The Morgan fingerprint density at radius 3 is 2.87 bits per heavy atom. The number of nitrogens with zero attached hydrogens (tertiary/aromatic N) is 2. The van der Waals surface area contributed by atoms with Crippen molar-refractivity contribution in [2.24, 2.45) is 0 Å². The highest BCUT2D eigenvalue weighted by Crippen LogP contribution is 2.09. The summed E-state index contributed by atoms with van der Waals surface area (Å²) in [5.41, 5.74) is 0. The number of hydrogen-bond donors (Lipinski definition) is 1. The Hall–Kier alpha value is -0.880. The van der Waals surface area contributed by atoms with Crippen LogP contribution in [0.2, 0.25) is 0 Å². The van der Waals surface area contributed by atoms with Crippen LogP contribution in [0.15, 0.2) is 17.6 Å². The predicted octanol–water partition coefficient (Wildman–Crippen LogP) is 0.475. The maximum atomic E-state index is 12.5. The minimum Gasteiger partial charge on any atom is -0.313 e. The molecule has 0 radical (unpaired) electrons. The Morgan fingerprint density at radius 2 is 2.27 bits per heavy atom. The highest BCUT2D eigenvalue weighted by Gasteiger charge is 2.18. The van der Waals surface area contributed by atoms with Crippen molar-refractivity contribution < 1.29 is 8.60 Å². The Morgan fingerprint density at radius 1 is 1.53 bits per heavy atom. The maximum absolute atomic E-state index is 12.5. The van der Waals surface area contributed by atoms with Crippen LogP contribution in [0.1, 0.15) is 12.8 Å². The van der Waals surface area contributed by atoms with Gasteiger partial charge in [0.25, 0.3) is 0 Å². The third kappa shape index (κ3) is 2.79. The molecule has 1 saturated heterocycles. The second-order valence-corrected chi connectivity index (χ2v) is 4.88. The number of rotatable bonds is 3. The van der Waals surface area contributed by atoms with Crippen molar-refractivity contribution in [3.05, 3.63) is 18.2 Å². The highest BCUT2D eigenvalue weighted by atomic mass is 32.2. The van der Waals surface area contributed by atoms with Crippen LogP contribution in [0.4, 0.5) is 4.39 Å². The second kappa shape index (κ2) is 4.76. The summed E-state index contributed by atoms with van der Waals surface area (Å²) in [4.78, 5) is 7.41. The molecule has 0 saturated carbocycles. The fraction of sp³-hybridized carbons (Fsp3) is 0.556. The van der Waals surface area contributed by atoms with E-state index in [1.54, 1.807) is 0 Å². The molecule has 2 heterocycles. The zero-order valence-corrected chi connectivity index (χ0v) is 8.97. The van der Waals surface area contributed by atoms with Crippen molar-refractivity contribution in [3.8, 4) is 0 Å². The first kappa shape index (κ1) is 10.6. The van der Waals surface area contributed by atoms with Crippen molar-refractivity contribution in [2.75, 3.05) is 12.3 Å². The van der Waals surface area contributed by atoms with Crippen molar-refractivity contribution >= 4 is 10.8 Å². The summed E-state index contributed by atoms with van der Waals surface area (Å²) >= 11 is 0. The topological polar surface area (TPSA) is 54.9 Å². The second-order valence-electron chi connectivity index (χ2n) is 3.49. The molecule has 1 aliphatic rings. The average molecular weight is 229 g/mol. The van der Waals surface area contributed by atoms with E-state index < -0.39 is 16.6 Å². The van der Waals surface area contributed by atoms with Gasteiger partial charge >= 0.3 is 0 Å². The van der Waals surface area contributed by atoms with Crippen molar-refractivity contribution in [3.63, 3.8) is 0 Å². The summed E-state index contributed by atoms with van der Waals surface area (Å²) in [6, 6.07) is 0.277. The predicted molar refractivity (Wildman–Crippen MR) is 54.3 cm³/mol. The summed E-state index contributed by atoms with van der Waals surface area (Å²) in [5.74, 6) is 0.000719. The van der Waals surface area contributed by atoms with E-state index in [1.165, 1.54) is 0 Å². The van der Waals surface area contributed by atoms with Crippen LogP contribution in [0.3, 0.4) is 0 Å². The summed E-state index contributed by atoms with van der Waals surface area (Å²) < 4.78 is 24.3. The van der Waals surface area contributed by atoms with Crippen LogP contribution >= 0.6 is 0 Å². The molecule has 6 heteroatoms. The lowest BCUT2D eigenvalue weighted by Crippen LogP contribution is -2.28. The van der Waals surface area contributed by atoms with Crippen LogP contribution in [0.25, 0.3) is 0 Å². The van der Waals surface area contributed by atoms with Gasteiger partial charge in [0.15, 0.2) is 5.82 Å². The largest absolute Gasteiger partial charge is 0.313 e. The first-order valence-corrected chi connectivity index (χ1v) is 6.17. The number of hydrogen-bond acceptors (Lipinski definition) is 4. The van der Waals surface area contributed by atoms with E-state index in [0.29, 0.717) is 5.75 Å². The molecular weight excluding hydrogens is 217 g/mol. The summed E-state index contributed by atoms with van der Waals surface area (Å²) in [6.07, 6.45) is 4.24. The van der Waals surface area contributed by atoms with Crippen molar-refractivity contribution in [1.29, 1.82) is 0 Å². The van der Waals surface area contributed by atoms with Gasteiger partial charge in [-0.1, -0.05) is 0 Å². The first-order valence-electron chi connectivity index (χ1n) is 4.85. The van der Waals surface area contributed by atoms with E-state index >= 15 is 0 Å². The molecule has 0 unspecified atom stereocenters. The van der Waals surface area contributed by atoms with Crippen molar-refractivity contribution in [1.82, 2.24) is 15.3 Å². The van der Waals surface area contributed by atoms with E-state index in [0.717, 1.165) is 31.8 Å². The van der Waals surface area contributed by atoms with Gasteiger partial charge in [0, 0.05) is 11.8 Å². The molecule has 82 valence electrons. The maximum Gasteiger partial charge on any atom is 0.218 e. The summed E-state index contributed by atoms with van der Waals surface area (Å²) in [7, 11) is -1.23. The minimum atomic E-state index is -1.23. The molecular formula is C9H12FN3OS. The number of nitrogens with one attached hydrogen (secondary N) is 1. The van der Waals surface area contributed by atoms with Gasteiger partial charge in [-0.2, -0.15) is 0 Å². The molecule has 1 fully saturated rings. The molecule has 15 heavy (non-hydrogen) atoms. The van der Waals surface area contributed by atoms with Crippen LogP contribution in [-0.4, -0.2) is 32.5 Å². The van der Waals surface area contributed by atoms with Gasteiger partial charge in [-0.25, -0.2) is 14.4 Å². The lowest BCUT2D eigenvalue weighted by molar-refractivity contribution is 0.600. The SMILES string of the molecule is O=[S@](C[C@H]1CCCN1)c1ncc(F)cn1. The van der Waals surface area contributed by atoms with Gasteiger partial charge in [-0.15, -0.1) is 0 Å². The zero-order valence-electron chi connectivity index (χ0n) is 8.15. The molecule has 0 spiro atoms. The van der Waals surface area contributed by atoms with Crippen LogP contribution < -0.4 is 5.32 Å². The standard InChI is InChI=1S/C9H12FN3OS/c10-7-4-12-9(13-5-7)15(14)6-8-2-1-3-11-8/h4-5,8,11H,1-3,6H2/t8-,15-/m1/s1. The zero-order chi connectivity index (χ0) is 10.7. The third-order valence-corrected chi connectivity index (χ3v) is 3.64. The normalized spacial score (nSPS) is 22.9. The number of halogens is 1. The molecule has 0 aliphatic carbocycles. The summed E-state index contributed by atoms with van der Waals surface area (Å²) in [5, 5.41) is 3.46. The molecule has 0 amide bonds. The molecule has 0 bridgehead atoms.